The fourth-order valence-electron chi connectivity index (χ4n) is 1.50. The molecule has 0 bridgehead atoms. The molecule has 4 nitrogen and oxygen atoms in total. The van der Waals surface area contributed by atoms with E-state index in [0.717, 1.165) is 18.2 Å². The van der Waals surface area contributed by atoms with E-state index in [0.29, 0.717) is 18.9 Å². The standard InChI is InChI=1S/C11H12F2N4/c1-2-17-11(15-7-16-17)6-14-10-5-8(12)3-4-9(10)13/h3-5,7,14H,2,6H2,1H3. The highest BCUT2D eigenvalue weighted by atomic mass is 19.1. The quantitative estimate of drug-likeness (QED) is 0.887. The molecule has 0 spiro atoms. The Morgan fingerprint density at radius 1 is 1.35 bits per heavy atom. The number of rotatable bonds is 4. The molecule has 17 heavy (non-hydrogen) atoms. The zero-order valence-corrected chi connectivity index (χ0v) is 9.32. The summed E-state index contributed by atoms with van der Waals surface area (Å²) in [6, 6.07) is 3.28. The average Bonchev–Trinajstić information content (AvgIpc) is 2.77. The van der Waals surface area contributed by atoms with Crippen LogP contribution in [0.25, 0.3) is 0 Å². The fourth-order valence-corrected chi connectivity index (χ4v) is 1.50. The molecule has 0 aliphatic rings. The van der Waals surface area contributed by atoms with Gasteiger partial charge in [0.05, 0.1) is 12.2 Å². The van der Waals surface area contributed by atoms with Crippen LogP contribution in [-0.4, -0.2) is 14.8 Å². The van der Waals surface area contributed by atoms with E-state index in [4.69, 9.17) is 0 Å². The van der Waals surface area contributed by atoms with E-state index < -0.39 is 11.6 Å². The lowest BCUT2D eigenvalue weighted by molar-refractivity contribution is 0.598. The predicted molar refractivity (Wildman–Crippen MR) is 59.4 cm³/mol. The summed E-state index contributed by atoms with van der Waals surface area (Å²) in [5.74, 6) is -0.295. The second kappa shape index (κ2) is 4.90. The third kappa shape index (κ3) is 2.58. The van der Waals surface area contributed by atoms with Crippen LogP contribution in [0.3, 0.4) is 0 Å². The zero-order chi connectivity index (χ0) is 12.3. The molecular formula is C11H12F2N4. The van der Waals surface area contributed by atoms with E-state index in [1.807, 2.05) is 6.92 Å². The molecule has 0 saturated heterocycles. The van der Waals surface area contributed by atoms with Gasteiger partial charge in [-0.15, -0.1) is 0 Å². The summed E-state index contributed by atoms with van der Waals surface area (Å²) in [4.78, 5) is 4.03. The molecule has 6 heteroatoms. The van der Waals surface area contributed by atoms with Crippen molar-refractivity contribution in [1.29, 1.82) is 0 Å². The maximum atomic E-state index is 13.3. The van der Waals surface area contributed by atoms with Crippen molar-refractivity contribution >= 4 is 5.69 Å². The van der Waals surface area contributed by atoms with Gasteiger partial charge in [0.2, 0.25) is 0 Å². The first-order chi connectivity index (χ1) is 8.20. The molecule has 0 aliphatic heterocycles. The molecular weight excluding hydrogens is 226 g/mol. The molecule has 0 fully saturated rings. The van der Waals surface area contributed by atoms with Crippen molar-refractivity contribution in [2.24, 2.45) is 0 Å². The van der Waals surface area contributed by atoms with Crippen LogP contribution >= 0.6 is 0 Å². The van der Waals surface area contributed by atoms with Gasteiger partial charge in [0.25, 0.3) is 0 Å². The summed E-state index contributed by atoms with van der Waals surface area (Å²) in [5, 5.41) is 6.78. The highest BCUT2D eigenvalue weighted by molar-refractivity contribution is 5.44. The van der Waals surface area contributed by atoms with Crippen LogP contribution in [0.2, 0.25) is 0 Å². The van der Waals surface area contributed by atoms with E-state index in [1.54, 1.807) is 4.68 Å². The van der Waals surface area contributed by atoms with Gasteiger partial charge in [-0.25, -0.2) is 18.4 Å². The first-order valence-corrected chi connectivity index (χ1v) is 5.26. The van der Waals surface area contributed by atoms with Gasteiger partial charge in [0, 0.05) is 6.54 Å². The molecule has 2 rings (SSSR count). The van der Waals surface area contributed by atoms with Gasteiger partial charge in [-0.3, -0.25) is 0 Å². The van der Waals surface area contributed by atoms with Crippen molar-refractivity contribution in [2.45, 2.75) is 20.0 Å². The molecule has 1 heterocycles. The van der Waals surface area contributed by atoms with Gasteiger partial charge in [0.15, 0.2) is 0 Å². The van der Waals surface area contributed by atoms with E-state index in [2.05, 4.69) is 15.4 Å². The van der Waals surface area contributed by atoms with Crippen molar-refractivity contribution in [2.75, 3.05) is 5.32 Å². The number of nitrogens with zero attached hydrogens (tertiary/aromatic N) is 3. The Hall–Kier alpha value is -1.98. The van der Waals surface area contributed by atoms with Crippen molar-refractivity contribution in [1.82, 2.24) is 14.8 Å². The number of halogens is 2. The van der Waals surface area contributed by atoms with Crippen LogP contribution < -0.4 is 5.32 Å². The lowest BCUT2D eigenvalue weighted by atomic mass is 10.3. The third-order valence-electron chi connectivity index (χ3n) is 2.36. The lowest BCUT2D eigenvalue weighted by Crippen LogP contribution is -2.09. The molecule has 0 amide bonds. The Morgan fingerprint density at radius 3 is 2.94 bits per heavy atom. The number of aromatic nitrogens is 3. The zero-order valence-electron chi connectivity index (χ0n) is 9.32. The summed E-state index contributed by atoms with van der Waals surface area (Å²) in [5.41, 5.74) is 0.121. The smallest absolute Gasteiger partial charge is 0.146 e. The van der Waals surface area contributed by atoms with Gasteiger partial charge < -0.3 is 5.32 Å². The van der Waals surface area contributed by atoms with Gasteiger partial charge in [0.1, 0.15) is 23.8 Å². The molecule has 0 atom stereocenters. The van der Waals surface area contributed by atoms with E-state index in [-0.39, 0.29) is 5.69 Å². The summed E-state index contributed by atoms with van der Waals surface area (Å²) in [7, 11) is 0. The predicted octanol–water partition coefficient (Wildman–Crippen LogP) is 2.19. The van der Waals surface area contributed by atoms with Crippen LogP contribution in [0.1, 0.15) is 12.7 Å². The maximum absolute atomic E-state index is 13.3. The molecule has 0 saturated carbocycles. The molecule has 1 N–H and O–H groups in total. The minimum Gasteiger partial charge on any atom is -0.375 e. The number of hydrogen-bond acceptors (Lipinski definition) is 3. The minimum absolute atomic E-state index is 0.121. The second-order valence-corrected chi connectivity index (χ2v) is 3.47. The Morgan fingerprint density at radius 2 is 2.18 bits per heavy atom. The topological polar surface area (TPSA) is 42.7 Å². The summed E-state index contributed by atoms with van der Waals surface area (Å²) < 4.78 is 27.9. The summed E-state index contributed by atoms with van der Waals surface area (Å²) in [6.07, 6.45) is 1.43. The Balaban J connectivity index is 2.09. The first-order valence-electron chi connectivity index (χ1n) is 5.26. The average molecular weight is 238 g/mol. The Labute approximate surface area is 97.3 Å². The lowest BCUT2D eigenvalue weighted by Gasteiger charge is -2.07. The van der Waals surface area contributed by atoms with E-state index in [1.165, 1.54) is 6.33 Å². The van der Waals surface area contributed by atoms with Crippen LogP contribution in [0, 0.1) is 11.6 Å². The molecule has 0 aliphatic carbocycles. The normalized spacial score (nSPS) is 10.5. The highest BCUT2D eigenvalue weighted by Gasteiger charge is 2.06. The number of benzene rings is 1. The number of hydrogen-bond donors (Lipinski definition) is 1. The number of anilines is 1. The number of nitrogens with one attached hydrogen (secondary N) is 1. The van der Waals surface area contributed by atoms with Crippen LogP contribution in [0.5, 0.6) is 0 Å². The monoisotopic (exact) mass is 238 g/mol. The molecule has 90 valence electrons. The fraction of sp³-hybridized carbons (Fsp3) is 0.273. The van der Waals surface area contributed by atoms with Gasteiger partial charge in [-0.05, 0) is 25.1 Å². The Bertz CT molecular complexity index is 510. The molecule has 1 aromatic heterocycles. The van der Waals surface area contributed by atoms with E-state index >= 15 is 0 Å². The van der Waals surface area contributed by atoms with Crippen LogP contribution in [-0.2, 0) is 13.1 Å². The van der Waals surface area contributed by atoms with Crippen LogP contribution in [0.15, 0.2) is 24.5 Å². The largest absolute Gasteiger partial charge is 0.375 e. The SMILES string of the molecule is CCn1ncnc1CNc1cc(F)ccc1F. The second-order valence-electron chi connectivity index (χ2n) is 3.47. The summed E-state index contributed by atoms with van der Waals surface area (Å²) in [6.45, 7) is 2.91. The van der Waals surface area contributed by atoms with Crippen molar-refractivity contribution < 1.29 is 8.78 Å². The van der Waals surface area contributed by atoms with E-state index in [9.17, 15) is 8.78 Å². The van der Waals surface area contributed by atoms with Crippen molar-refractivity contribution in [3.8, 4) is 0 Å². The molecule has 2 aromatic rings. The van der Waals surface area contributed by atoms with Gasteiger partial charge in [-0.1, -0.05) is 0 Å². The highest BCUT2D eigenvalue weighted by Crippen LogP contribution is 2.15. The molecule has 1 aromatic carbocycles. The van der Waals surface area contributed by atoms with Crippen LogP contribution in [0.4, 0.5) is 14.5 Å². The molecule has 0 unspecified atom stereocenters. The number of aryl methyl sites for hydroxylation is 1. The van der Waals surface area contributed by atoms with Crippen molar-refractivity contribution in [3.05, 3.63) is 42.0 Å². The van der Waals surface area contributed by atoms with Gasteiger partial charge in [-0.2, -0.15) is 5.10 Å². The minimum atomic E-state index is -0.492. The molecule has 0 radical (unpaired) electrons. The first kappa shape index (κ1) is 11.5. The van der Waals surface area contributed by atoms with Gasteiger partial charge >= 0.3 is 0 Å². The summed E-state index contributed by atoms with van der Waals surface area (Å²) >= 11 is 0. The Kier molecular flexibility index (Phi) is 3.32. The maximum Gasteiger partial charge on any atom is 0.146 e. The third-order valence-corrected chi connectivity index (χ3v) is 2.36. The van der Waals surface area contributed by atoms with Crippen molar-refractivity contribution in [3.63, 3.8) is 0 Å².